The molecule has 2 amide bonds. The Hall–Kier alpha value is -1.32. The van der Waals surface area contributed by atoms with Gasteiger partial charge in [0, 0.05) is 19.7 Å². The van der Waals surface area contributed by atoms with Crippen LogP contribution in [0.25, 0.3) is 0 Å². The number of nitrogens with one attached hydrogen (secondary N) is 1. The molecule has 0 atom stereocenters. The first-order valence-corrected chi connectivity index (χ1v) is 4.90. The second-order valence-corrected chi connectivity index (χ2v) is 3.94. The predicted molar refractivity (Wildman–Crippen MR) is 51.3 cm³/mol. The molecule has 2 aliphatic rings. The molecule has 1 fully saturated rings. The Labute approximate surface area is 83.0 Å². The van der Waals surface area contributed by atoms with Gasteiger partial charge < -0.3 is 10.2 Å². The van der Waals surface area contributed by atoms with Gasteiger partial charge in [0.05, 0.1) is 0 Å². The number of carbonyl (C=O) groups is 2. The second-order valence-electron chi connectivity index (χ2n) is 3.94. The molecule has 0 spiro atoms. The first-order chi connectivity index (χ1) is 6.64. The number of hydrogen-bond acceptors (Lipinski definition) is 2. The Morgan fingerprint density at radius 1 is 1.43 bits per heavy atom. The Morgan fingerprint density at radius 2 is 2.14 bits per heavy atom. The molecule has 4 heteroatoms. The monoisotopic (exact) mass is 194 g/mol. The maximum Gasteiger partial charge on any atom is 0.252 e. The first-order valence-electron chi connectivity index (χ1n) is 4.90. The number of hydrogen-bond donors (Lipinski definition) is 1. The lowest BCUT2D eigenvalue weighted by atomic mass is 10.2. The van der Waals surface area contributed by atoms with E-state index >= 15 is 0 Å². The van der Waals surface area contributed by atoms with Crippen LogP contribution < -0.4 is 5.32 Å². The van der Waals surface area contributed by atoms with Gasteiger partial charge in [0.25, 0.3) is 5.91 Å². The summed E-state index contributed by atoms with van der Waals surface area (Å²) in [5.74, 6) is -0.0829. The van der Waals surface area contributed by atoms with Crippen molar-refractivity contribution in [3.8, 4) is 0 Å². The lowest BCUT2D eigenvalue weighted by molar-refractivity contribution is -0.134. The minimum Gasteiger partial charge on any atom is -0.342 e. The van der Waals surface area contributed by atoms with E-state index in [2.05, 4.69) is 5.32 Å². The SMILES string of the molecule is CC(=O)NC1(C(=O)N2C=CCC2)CC1. The largest absolute Gasteiger partial charge is 0.342 e. The van der Waals surface area contributed by atoms with Gasteiger partial charge in [-0.3, -0.25) is 9.59 Å². The van der Waals surface area contributed by atoms with Gasteiger partial charge in [-0.15, -0.1) is 0 Å². The smallest absolute Gasteiger partial charge is 0.252 e. The molecule has 4 nitrogen and oxygen atoms in total. The van der Waals surface area contributed by atoms with Crippen LogP contribution >= 0.6 is 0 Å². The number of amides is 2. The summed E-state index contributed by atoms with van der Waals surface area (Å²) in [6.07, 6.45) is 6.25. The molecule has 0 radical (unpaired) electrons. The van der Waals surface area contributed by atoms with Crippen molar-refractivity contribution in [2.75, 3.05) is 6.54 Å². The zero-order valence-electron chi connectivity index (χ0n) is 8.25. The Bertz CT molecular complexity index is 305. The highest BCUT2D eigenvalue weighted by molar-refractivity contribution is 5.94. The van der Waals surface area contributed by atoms with E-state index in [4.69, 9.17) is 0 Å². The standard InChI is InChI=1S/C10H14N2O2/c1-8(13)11-10(4-5-10)9(14)12-6-2-3-7-12/h2,6H,3-5,7H2,1H3,(H,11,13). The van der Waals surface area contributed by atoms with Crippen molar-refractivity contribution in [2.24, 2.45) is 0 Å². The molecule has 0 unspecified atom stereocenters. The molecule has 14 heavy (non-hydrogen) atoms. The fraction of sp³-hybridized carbons (Fsp3) is 0.600. The van der Waals surface area contributed by atoms with Crippen molar-refractivity contribution in [1.29, 1.82) is 0 Å². The van der Waals surface area contributed by atoms with Gasteiger partial charge in [0.15, 0.2) is 0 Å². The molecule has 1 N–H and O–H groups in total. The van der Waals surface area contributed by atoms with Gasteiger partial charge in [-0.05, 0) is 19.3 Å². The number of carbonyl (C=O) groups excluding carboxylic acids is 2. The number of nitrogens with zero attached hydrogens (tertiary/aromatic N) is 1. The highest BCUT2D eigenvalue weighted by Crippen LogP contribution is 2.37. The maximum atomic E-state index is 11.9. The summed E-state index contributed by atoms with van der Waals surface area (Å²) in [6.45, 7) is 2.20. The maximum absolute atomic E-state index is 11.9. The normalized spacial score (nSPS) is 22.2. The average molecular weight is 194 g/mol. The van der Waals surface area contributed by atoms with E-state index < -0.39 is 5.54 Å². The quantitative estimate of drug-likeness (QED) is 0.691. The van der Waals surface area contributed by atoms with Crippen molar-refractivity contribution in [1.82, 2.24) is 10.2 Å². The van der Waals surface area contributed by atoms with Crippen molar-refractivity contribution in [3.63, 3.8) is 0 Å². The third kappa shape index (κ3) is 1.52. The highest BCUT2D eigenvalue weighted by atomic mass is 16.2. The number of rotatable bonds is 2. The van der Waals surface area contributed by atoms with Gasteiger partial charge in [0.2, 0.25) is 5.91 Å². The summed E-state index contributed by atoms with van der Waals surface area (Å²) in [7, 11) is 0. The van der Waals surface area contributed by atoms with Crippen LogP contribution in [0.3, 0.4) is 0 Å². The van der Waals surface area contributed by atoms with Crippen LogP contribution in [0.4, 0.5) is 0 Å². The Kier molecular flexibility index (Phi) is 2.06. The lowest BCUT2D eigenvalue weighted by Gasteiger charge is -2.21. The van der Waals surface area contributed by atoms with Crippen LogP contribution in [0.15, 0.2) is 12.3 Å². The summed E-state index contributed by atoms with van der Waals surface area (Å²) in [5, 5.41) is 2.74. The molecule has 0 aromatic carbocycles. The Morgan fingerprint density at radius 3 is 2.57 bits per heavy atom. The molecule has 1 aliphatic carbocycles. The third-order valence-electron chi connectivity index (χ3n) is 2.66. The molecular formula is C10H14N2O2. The van der Waals surface area contributed by atoms with Crippen molar-refractivity contribution >= 4 is 11.8 Å². The third-order valence-corrected chi connectivity index (χ3v) is 2.66. The van der Waals surface area contributed by atoms with E-state index in [0.29, 0.717) is 0 Å². The summed E-state index contributed by atoms with van der Waals surface area (Å²) >= 11 is 0. The summed E-state index contributed by atoms with van der Waals surface area (Å²) < 4.78 is 0. The van der Waals surface area contributed by atoms with E-state index in [1.807, 2.05) is 12.3 Å². The summed E-state index contributed by atoms with van der Waals surface area (Å²) in [4.78, 5) is 24.5. The lowest BCUT2D eigenvalue weighted by Crippen LogP contribution is -2.48. The highest BCUT2D eigenvalue weighted by Gasteiger charge is 2.52. The fourth-order valence-corrected chi connectivity index (χ4v) is 1.79. The van der Waals surface area contributed by atoms with Gasteiger partial charge in [-0.1, -0.05) is 6.08 Å². The molecular weight excluding hydrogens is 180 g/mol. The zero-order chi connectivity index (χ0) is 10.2. The minimum atomic E-state index is -0.569. The molecule has 2 rings (SSSR count). The molecule has 0 aromatic heterocycles. The molecule has 1 saturated carbocycles. The molecule has 0 bridgehead atoms. The van der Waals surface area contributed by atoms with E-state index in [9.17, 15) is 9.59 Å². The predicted octanol–water partition coefficient (Wildman–Crippen LogP) is 0.401. The molecule has 0 saturated heterocycles. The first kappa shape index (κ1) is 9.24. The summed E-state index contributed by atoms with van der Waals surface area (Å²) in [6, 6.07) is 0. The Balaban J connectivity index is 2.03. The van der Waals surface area contributed by atoms with Gasteiger partial charge in [-0.2, -0.15) is 0 Å². The van der Waals surface area contributed by atoms with Crippen LogP contribution in [0.1, 0.15) is 26.2 Å². The summed E-state index contributed by atoms with van der Waals surface area (Å²) in [5.41, 5.74) is -0.569. The average Bonchev–Trinajstić information content (AvgIpc) is 2.70. The minimum absolute atomic E-state index is 0.0430. The van der Waals surface area contributed by atoms with Crippen molar-refractivity contribution in [3.05, 3.63) is 12.3 Å². The van der Waals surface area contributed by atoms with E-state index in [1.54, 1.807) is 4.90 Å². The van der Waals surface area contributed by atoms with Gasteiger partial charge in [0.1, 0.15) is 5.54 Å². The van der Waals surface area contributed by atoms with Crippen molar-refractivity contribution in [2.45, 2.75) is 31.7 Å². The van der Waals surface area contributed by atoms with Crippen LogP contribution in [-0.2, 0) is 9.59 Å². The van der Waals surface area contributed by atoms with Crippen LogP contribution in [0, 0.1) is 0 Å². The topological polar surface area (TPSA) is 49.4 Å². The van der Waals surface area contributed by atoms with Crippen LogP contribution in [0.5, 0.6) is 0 Å². The van der Waals surface area contributed by atoms with E-state index in [-0.39, 0.29) is 11.8 Å². The molecule has 0 aromatic rings. The van der Waals surface area contributed by atoms with E-state index in [1.165, 1.54) is 6.92 Å². The van der Waals surface area contributed by atoms with E-state index in [0.717, 1.165) is 25.8 Å². The van der Waals surface area contributed by atoms with Crippen LogP contribution in [0.2, 0.25) is 0 Å². The second kappa shape index (κ2) is 3.12. The molecule has 1 heterocycles. The van der Waals surface area contributed by atoms with Crippen LogP contribution in [-0.4, -0.2) is 28.8 Å². The molecule has 76 valence electrons. The van der Waals surface area contributed by atoms with Crippen molar-refractivity contribution < 1.29 is 9.59 Å². The van der Waals surface area contributed by atoms with Gasteiger partial charge in [-0.25, -0.2) is 0 Å². The fourth-order valence-electron chi connectivity index (χ4n) is 1.79. The molecule has 1 aliphatic heterocycles. The zero-order valence-corrected chi connectivity index (χ0v) is 8.25. The van der Waals surface area contributed by atoms with Gasteiger partial charge >= 0.3 is 0 Å².